The van der Waals surface area contributed by atoms with Gasteiger partial charge in [0.05, 0.1) is 16.2 Å². The van der Waals surface area contributed by atoms with Crippen LogP contribution in [0.15, 0.2) is 36.4 Å². The van der Waals surface area contributed by atoms with Gasteiger partial charge >= 0.3 is 0 Å². The summed E-state index contributed by atoms with van der Waals surface area (Å²) in [5, 5.41) is 7.22. The number of carbonyl (C=O) groups is 1. The summed E-state index contributed by atoms with van der Waals surface area (Å²) in [6.07, 6.45) is 0. The molecular formula is C13H14BrN3O. The fraction of sp³-hybridized carbons (Fsp3) is 0.231. The number of hydrogen-bond acceptors (Lipinski definition) is 2. The molecule has 2 rings (SSSR count). The standard InChI is InChI=1S/C13H14BrN3O/c1-9-8-12(15-13(18)10(2)14)17(16-9)11-6-4-3-5-7-11/h3-8,10H,1-2H3,(H,15,18). The van der Waals surface area contributed by atoms with Crippen LogP contribution < -0.4 is 5.32 Å². The van der Waals surface area contributed by atoms with Crippen molar-refractivity contribution < 1.29 is 4.79 Å². The van der Waals surface area contributed by atoms with Gasteiger partial charge in [-0.05, 0) is 26.0 Å². The summed E-state index contributed by atoms with van der Waals surface area (Å²) in [6, 6.07) is 11.5. The van der Waals surface area contributed by atoms with Gasteiger partial charge < -0.3 is 5.32 Å². The van der Waals surface area contributed by atoms with E-state index in [9.17, 15) is 4.79 Å². The normalized spacial score (nSPS) is 12.2. The number of hydrogen-bond donors (Lipinski definition) is 1. The molecule has 0 radical (unpaired) electrons. The van der Waals surface area contributed by atoms with Crippen LogP contribution in [0.3, 0.4) is 0 Å². The molecule has 94 valence electrons. The van der Waals surface area contributed by atoms with Gasteiger partial charge in [0.15, 0.2) is 0 Å². The van der Waals surface area contributed by atoms with E-state index in [1.165, 1.54) is 0 Å². The second kappa shape index (κ2) is 5.35. The Kier molecular flexibility index (Phi) is 3.81. The van der Waals surface area contributed by atoms with Crippen LogP contribution in [0.1, 0.15) is 12.6 Å². The Hall–Kier alpha value is -1.62. The molecule has 0 fully saturated rings. The molecule has 1 atom stereocenters. The van der Waals surface area contributed by atoms with Gasteiger partial charge in [-0.1, -0.05) is 34.1 Å². The highest BCUT2D eigenvalue weighted by Gasteiger charge is 2.13. The van der Waals surface area contributed by atoms with Gasteiger partial charge in [-0.2, -0.15) is 5.10 Å². The van der Waals surface area contributed by atoms with E-state index >= 15 is 0 Å². The largest absolute Gasteiger partial charge is 0.310 e. The van der Waals surface area contributed by atoms with Crippen molar-refractivity contribution in [2.75, 3.05) is 5.32 Å². The van der Waals surface area contributed by atoms with Crippen molar-refractivity contribution in [3.63, 3.8) is 0 Å². The Bertz CT molecular complexity index is 549. The lowest BCUT2D eigenvalue weighted by Crippen LogP contribution is -2.21. The lowest BCUT2D eigenvalue weighted by atomic mass is 10.3. The van der Waals surface area contributed by atoms with Crippen LogP contribution in [-0.4, -0.2) is 20.5 Å². The average Bonchev–Trinajstić information content (AvgIpc) is 2.71. The summed E-state index contributed by atoms with van der Waals surface area (Å²) in [4.78, 5) is 11.5. The van der Waals surface area contributed by atoms with Crippen molar-refractivity contribution >= 4 is 27.7 Å². The van der Waals surface area contributed by atoms with Gasteiger partial charge in [0.25, 0.3) is 0 Å². The fourth-order valence-electron chi connectivity index (χ4n) is 1.58. The number of rotatable bonds is 3. The number of aryl methyl sites for hydroxylation is 1. The SMILES string of the molecule is Cc1cc(NC(=O)C(C)Br)n(-c2ccccc2)n1. The van der Waals surface area contributed by atoms with Crippen molar-refractivity contribution in [2.45, 2.75) is 18.7 Å². The molecule has 1 heterocycles. The van der Waals surface area contributed by atoms with Crippen LogP contribution in [0, 0.1) is 6.92 Å². The molecule has 0 aliphatic carbocycles. The third-order valence-electron chi connectivity index (χ3n) is 2.44. The molecule has 1 aromatic carbocycles. The number of carbonyl (C=O) groups excluding carboxylic acids is 1. The molecule has 1 aromatic heterocycles. The summed E-state index contributed by atoms with van der Waals surface area (Å²) in [5.74, 6) is 0.585. The monoisotopic (exact) mass is 307 g/mol. The van der Waals surface area contributed by atoms with Crippen LogP contribution in [0.2, 0.25) is 0 Å². The van der Waals surface area contributed by atoms with Crippen molar-refractivity contribution in [3.05, 3.63) is 42.1 Å². The predicted octanol–water partition coefficient (Wildman–Crippen LogP) is 2.90. The molecule has 1 unspecified atom stereocenters. The summed E-state index contributed by atoms with van der Waals surface area (Å²) in [6.45, 7) is 3.68. The number of anilines is 1. The van der Waals surface area contributed by atoms with E-state index in [1.807, 2.05) is 43.3 Å². The third kappa shape index (κ3) is 2.79. The molecule has 18 heavy (non-hydrogen) atoms. The van der Waals surface area contributed by atoms with Gasteiger partial charge in [0.1, 0.15) is 5.82 Å². The van der Waals surface area contributed by atoms with Gasteiger partial charge in [-0.25, -0.2) is 4.68 Å². The number of nitrogens with zero attached hydrogens (tertiary/aromatic N) is 2. The summed E-state index contributed by atoms with van der Waals surface area (Å²) in [5.41, 5.74) is 1.78. The second-order valence-corrected chi connectivity index (χ2v) is 5.40. The summed E-state index contributed by atoms with van der Waals surface area (Å²) < 4.78 is 1.72. The highest BCUT2D eigenvalue weighted by molar-refractivity contribution is 9.10. The number of benzene rings is 1. The topological polar surface area (TPSA) is 46.9 Å². The molecule has 1 N–H and O–H groups in total. The number of amides is 1. The zero-order valence-electron chi connectivity index (χ0n) is 10.2. The first-order chi connectivity index (χ1) is 8.58. The highest BCUT2D eigenvalue weighted by Crippen LogP contribution is 2.17. The molecule has 0 aliphatic heterocycles. The second-order valence-electron chi connectivity index (χ2n) is 4.02. The Morgan fingerprint density at radius 3 is 2.67 bits per heavy atom. The van der Waals surface area contributed by atoms with Crippen LogP contribution in [-0.2, 0) is 4.79 Å². The van der Waals surface area contributed by atoms with E-state index in [1.54, 1.807) is 11.6 Å². The zero-order chi connectivity index (χ0) is 13.1. The minimum Gasteiger partial charge on any atom is -0.310 e. The molecule has 0 spiro atoms. The predicted molar refractivity (Wildman–Crippen MR) is 75.3 cm³/mol. The quantitative estimate of drug-likeness (QED) is 0.886. The number of alkyl halides is 1. The number of nitrogens with one attached hydrogen (secondary N) is 1. The van der Waals surface area contributed by atoms with Crippen molar-refractivity contribution in [1.82, 2.24) is 9.78 Å². The van der Waals surface area contributed by atoms with Crippen molar-refractivity contribution in [3.8, 4) is 5.69 Å². The van der Waals surface area contributed by atoms with Gasteiger partial charge in [-0.3, -0.25) is 4.79 Å². The Balaban J connectivity index is 2.35. The van der Waals surface area contributed by atoms with Crippen LogP contribution in [0.25, 0.3) is 5.69 Å². The van der Waals surface area contributed by atoms with E-state index in [0.29, 0.717) is 5.82 Å². The molecule has 0 saturated heterocycles. The van der Waals surface area contributed by atoms with E-state index in [0.717, 1.165) is 11.4 Å². The number of aromatic nitrogens is 2. The van der Waals surface area contributed by atoms with Gasteiger partial charge in [0.2, 0.25) is 5.91 Å². The molecule has 4 nitrogen and oxygen atoms in total. The maximum absolute atomic E-state index is 11.7. The lowest BCUT2D eigenvalue weighted by Gasteiger charge is -2.09. The van der Waals surface area contributed by atoms with Crippen LogP contribution >= 0.6 is 15.9 Å². The highest BCUT2D eigenvalue weighted by atomic mass is 79.9. The smallest absolute Gasteiger partial charge is 0.239 e. The molecule has 5 heteroatoms. The molecular weight excluding hydrogens is 294 g/mol. The van der Waals surface area contributed by atoms with E-state index < -0.39 is 0 Å². The summed E-state index contributed by atoms with van der Waals surface area (Å²) >= 11 is 3.24. The maximum atomic E-state index is 11.7. The molecule has 0 bridgehead atoms. The molecule has 0 saturated carbocycles. The molecule has 0 aliphatic rings. The van der Waals surface area contributed by atoms with E-state index in [-0.39, 0.29) is 10.7 Å². The first-order valence-corrected chi connectivity index (χ1v) is 6.56. The number of halogens is 1. The minimum atomic E-state index is -0.239. The Labute approximate surface area is 114 Å². The van der Waals surface area contributed by atoms with Gasteiger partial charge in [-0.15, -0.1) is 0 Å². The first kappa shape index (κ1) is 12.8. The zero-order valence-corrected chi connectivity index (χ0v) is 11.8. The fourth-order valence-corrected chi connectivity index (χ4v) is 1.69. The van der Waals surface area contributed by atoms with Crippen molar-refractivity contribution in [2.24, 2.45) is 0 Å². The molecule has 2 aromatic rings. The Morgan fingerprint density at radius 2 is 2.06 bits per heavy atom. The average molecular weight is 308 g/mol. The lowest BCUT2D eigenvalue weighted by molar-refractivity contribution is -0.115. The first-order valence-electron chi connectivity index (χ1n) is 5.65. The minimum absolute atomic E-state index is 0.0907. The van der Waals surface area contributed by atoms with E-state index in [2.05, 4.69) is 26.3 Å². The van der Waals surface area contributed by atoms with E-state index in [4.69, 9.17) is 0 Å². The number of para-hydroxylation sites is 1. The maximum Gasteiger partial charge on any atom is 0.239 e. The Morgan fingerprint density at radius 1 is 1.39 bits per heavy atom. The van der Waals surface area contributed by atoms with Gasteiger partial charge in [0, 0.05) is 6.07 Å². The van der Waals surface area contributed by atoms with Crippen LogP contribution in [0.5, 0.6) is 0 Å². The van der Waals surface area contributed by atoms with Crippen molar-refractivity contribution in [1.29, 1.82) is 0 Å². The summed E-state index contributed by atoms with van der Waals surface area (Å²) in [7, 11) is 0. The third-order valence-corrected chi connectivity index (χ3v) is 2.86. The molecule has 1 amide bonds. The van der Waals surface area contributed by atoms with Crippen LogP contribution in [0.4, 0.5) is 5.82 Å².